The molecule has 15 heavy (non-hydrogen) atoms. The van der Waals surface area contributed by atoms with Crippen LogP contribution >= 0.6 is 11.3 Å². The minimum atomic E-state index is 1.10. The fourth-order valence-electron chi connectivity index (χ4n) is 2.13. The molecule has 3 heteroatoms. The number of hydrogen-bond acceptors (Lipinski definition) is 3. The van der Waals surface area contributed by atoms with Gasteiger partial charge < -0.3 is 10.2 Å². The van der Waals surface area contributed by atoms with E-state index < -0.39 is 0 Å². The molecule has 78 valence electrons. The Morgan fingerprint density at radius 3 is 2.87 bits per heavy atom. The number of hydrogen-bond donors (Lipinski definition) is 1. The van der Waals surface area contributed by atoms with E-state index in [2.05, 4.69) is 39.9 Å². The predicted molar refractivity (Wildman–Crippen MR) is 66.9 cm³/mol. The fourth-order valence-corrected chi connectivity index (χ4v) is 3.07. The maximum absolute atomic E-state index is 3.39. The van der Waals surface area contributed by atoms with Crippen LogP contribution in [0.25, 0.3) is 10.1 Å². The molecule has 1 N–H and O–H groups in total. The molecule has 0 saturated carbocycles. The van der Waals surface area contributed by atoms with Gasteiger partial charge in [0.15, 0.2) is 0 Å². The van der Waals surface area contributed by atoms with Crippen molar-refractivity contribution < 1.29 is 0 Å². The summed E-state index contributed by atoms with van der Waals surface area (Å²) in [4.78, 5) is 2.48. The topological polar surface area (TPSA) is 15.3 Å². The Labute approximate surface area is 93.5 Å². The molecule has 0 bridgehead atoms. The normalized spacial score (nSPS) is 17.2. The summed E-state index contributed by atoms with van der Waals surface area (Å²) in [5.74, 6) is 0. The molecule has 2 heterocycles. The monoisotopic (exact) mass is 218 g/mol. The van der Waals surface area contributed by atoms with Crippen LogP contribution in [0.2, 0.25) is 0 Å². The highest BCUT2D eigenvalue weighted by Crippen LogP contribution is 2.31. The van der Waals surface area contributed by atoms with Crippen molar-refractivity contribution in [2.24, 2.45) is 0 Å². The van der Waals surface area contributed by atoms with E-state index in [-0.39, 0.29) is 0 Å². The van der Waals surface area contributed by atoms with Crippen LogP contribution in [0.15, 0.2) is 29.6 Å². The predicted octanol–water partition coefficient (Wildman–Crippen LogP) is 2.31. The van der Waals surface area contributed by atoms with Crippen molar-refractivity contribution in [3.8, 4) is 0 Å². The highest BCUT2D eigenvalue weighted by molar-refractivity contribution is 7.17. The van der Waals surface area contributed by atoms with Gasteiger partial charge in [0.05, 0.1) is 10.4 Å². The van der Waals surface area contributed by atoms with Crippen LogP contribution in [-0.4, -0.2) is 26.2 Å². The Balaban J connectivity index is 2.05. The Kier molecular flexibility index (Phi) is 2.35. The maximum Gasteiger partial charge on any atom is 0.0576 e. The largest absolute Gasteiger partial charge is 0.368 e. The molecule has 0 amide bonds. The second-order valence-electron chi connectivity index (χ2n) is 3.85. The molecular formula is C12H14N2S. The molecule has 1 aromatic carbocycles. The van der Waals surface area contributed by atoms with Crippen molar-refractivity contribution in [3.63, 3.8) is 0 Å². The zero-order valence-corrected chi connectivity index (χ0v) is 9.39. The van der Waals surface area contributed by atoms with Crippen LogP contribution in [0.5, 0.6) is 0 Å². The van der Waals surface area contributed by atoms with E-state index >= 15 is 0 Å². The SMILES string of the molecule is c1cc(N2CCNCC2)c2sccc2c1. The van der Waals surface area contributed by atoms with Gasteiger partial charge in [-0.05, 0) is 22.9 Å². The number of benzene rings is 1. The van der Waals surface area contributed by atoms with E-state index in [1.807, 2.05) is 11.3 Å². The first-order chi connectivity index (χ1) is 7.45. The molecule has 1 saturated heterocycles. The van der Waals surface area contributed by atoms with E-state index in [1.165, 1.54) is 15.8 Å². The lowest BCUT2D eigenvalue weighted by Crippen LogP contribution is -2.43. The molecule has 1 aliphatic rings. The second-order valence-corrected chi connectivity index (χ2v) is 4.77. The van der Waals surface area contributed by atoms with Crippen LogP contribution in [0, 0.1) is 0 Å². The number of fused-ring (bicyclic) bond motifs is 1. The lowest BCUT2D eigenvalue weighted by molar-refractivity contribution is 0.590. The molecule has 0 aliphatic carbocycles. The van der Waals surface area contributed by atoms with Crippen molar-refractivity contribution in [1.29, 1.82) is 0 Å². The van der Waals surface area contributed by atoms with Gasteiger partial charge in [-0.25, -0.2) is 0 Å². The van der Waals surface area contributed by atoms with Crippen LogP contribution < -0.4 is 10.2 Å². The van der Waals surface area contributed by atoms with E-state index in [0.29, 0.717) is 0 Å². The highest BCUT2D eigenvalue weighted by Gasteiger charge is 2.13. The summed E-state index contributed by atoms with van der Waals surface area (Å²) in [6.45, 7) is 4.44. The lowest BCUT2D eigenvalue weighted by atomic mass is 10.2. The quantitative estimate of drug-likeness (QED) is 0.790. The minimum Gasteiger partial charge on any atom is -0.368 e. The maximum atomic E-state index is 3.39. The number of nitrogens with zero attached hydrogens (tertiary/aromatic N) is 1. The number of nitrogens with one attached hydrogen (secondary N) is 1. The molecule has 0 radical (unpaired) electrons. The van der Waals surface area contributed by atoms with Crippen LogP contribution in [0.3, 0.4) is 0 Å². The molecule has 0 atom stereocenters. The number of thiophene rings is 1. The third-order valence-corrected chi connectivity index (χ3v) is 3.87. The molecule has 2 aromatic rings. The van der Waals surface area contributed by atoms with E-state index in [4.69, 9.17) is 0 Å². The smallest absolute Gasteiger partial charge is 0.0576 e. The fraction of sp³-hybridized carbons (Fsp3) is 0.333. The number of anilines is 1. The van der Waals surface area contributed by atoms with E-state index in [0.717, 1.165) is 26.2 Å². The van der Waals surface area contributed by atoms with Gasteiger partial charge in [0, 0.05) is 26.2 Å². The van der Waals surface area contributed by atoms with Crippen molar-refractivity contribution in [1.82, 2.24) is 5.32 Å². The van der Waals surface area contributed by atoms with Crippen molar-refractivity contribution in [2.75, 3.05) is 31.1 Å². The first kappa shape index (κ1) is 9.19. The standard InChI is InChI=1S/C12H14N2S/c1-2-10-4-9-15-12(10)11(3-1)14-7-5-13-6-8-14/h1-4,9,13H,5-8H2. The summed E-state index contributed by atoms with van der Waals surface area (Å²) in [5.41, 5.74) is 1.41. The van der Waals surface area contributed by atoms with E-state index in [1.54, 1.807) is 0 Å². The van der Waals surface area contributed by atoms with Gasteiger partial charge in [0.1, 0.15) is 0 Å². The second kappa shape index (κ2) is 3.83. The summed E-state index contributed by atoms with van der Waals surface area (Å²) < 4.78 is 1.43. The molecule has 1 fully saturated rings. The zero-order valence-electron chi connectivity index (χ0n) is 8.57. The Morgan fingerprint density at radius 1 is 1.13 bits per heavy atom. The van der Waals surface area contributed by atoms with Crippen LogP contribution in [-0.2, 0) is 0 Å². The van der Waals surface area contributed by atoms with Gasteiger partial charge in [0.2, 0.25) is 0 Å². The summed E-state index contributed by atoms with van der Waals surface area (Å²) in [6.07, 6.45) is 0. The van der Waals surface area contributed by atoms with Crippen LogP contribution in [0.1, 0.15) is 0 Å². The summed E-state index contributed by atoms with van der Waals surface area (Å²) in [7, 11) is 0. The van der Waals surface area contributed by atoms with Crippen molar-refractivity contribution in [3.05, 3.63) is 29.6 Å². The lowest BCUT2D eigenvalue weighted by Gasteiger charge is -2.29. The highest BCUT2D eigenvalue weighted by atomic mass is 32.1. The summed E-state index contributed by atoms with van der Waals surface area (Å²) in [6, 6.07) is 8.79. The minimum absolute atomic E-state index is 1.10. The first-order valence-electron chi connectivity index (χ1n) is 5.37. The van der Waals surface area contributed by atoms with Gasteiger partial charge in [-0.3, -0.25) is 0 Å². The van der Waals surface area contributed by atoms with E-state index in [9.17, 15) is 0 Å². The summed E-state index contributed by atoms with van der Waals surface area (Å²) >= 11 is 1.85. The third-order valence-electron chi connectivity index (χ3n) is 2.92. The van der Waals surface area contributed by atoms with Crippen molar-refractivity contribution in [2.45, 2.75) is 0 Å². The average Bonchev–Trinajstić information content (AvgIpc) is 2.78. The van der Waals surface area contributed by atoms with Gasteiger partial charge in [-0.1, -0.05) is 12.1 Å². The molecule has 1 aliphatic heterocycles. The van der Waals surface area contributed by atoms with Crippen LogP contribution in [0.4, 0.5) is 5.69 Å². The molecule has 1 aromatic heterocycles. The van der Waals surface area contributed by atoms with Gasteiger partial charge in [-0.2, -0.15) is 0 Å². The average molecular weight is 218 g/mol. The third kappa shape index (κ3) is 1.62. The van der Waals surface area contributed by atoms with Gasteiger partial charge >= 0.3 is 0 Å². The van der Waals surface area contributed by atoms with Gasteiger partial charge in [-0.15, -0.1) is 11.3 Å². The molecule has 2 nitrogen and oxygen atoms in total. The Morgan fingerprint density at radius 2 is 2.00 bits per heavy atom. The zero-order chi connectivity index (χ0) is 10.1. The number of piperazine rings is 1. The summed E-state index contributed by atoms with van der Waals surface area (Å²) in [5, 5.41) is 6.94. The van der Waals surface area contributed by atoms with Gasteiger partial charge in [0.25, 0.3) is 0 Å². The molecule has 0 unspecified atom stereocenters. The Bertz CT molecular complexity index is 457. The first-order valence-corrected chi connectivity index (χ1v) is 6.25. The molecule has 0 spiro atoms. The molecule has 3 rings (SSSR count). The molecular weight excluding hydrogens is 204 g/mol. The number of rotatable bonds is 1. The van der Waals surface area contributed by atoms with Crippen molar-refractivity contribution >= 4 is 27.1 Å². The Hall–Kier alpha value is -1.06.